The van der Waals surface area contributed by atoms with Crippen molar-refractivity contribution < 1.29 is 14.0 Å². The van der Waals surface area contributed by atoms with E-state index in [4.69, 9.17) is 0 Å². The van der Waals surface area contributed by atoms with E-state index in [1.807, 2.05) is 4.90 Å². The zero-order chi connectivity index (χ0) is 16.7. The van der Waals surface area contributed by atoms with Crippen LogP contribution < -0.4 is 10.2 Å². The fourth-order valence-electron chi connectivity index (χ4n) is 3.08. The van der Waals surface area contributed by atoms with Crippen molar-refractivity contribution in [1.29, 1.82) is 0 Å². The molecule has 1 N–H and O–H groups in total. The SMILES string of the molecule is O=C1CCN(c2ncc(-c3cc(F)c4c(c3)CNC4=O)cn2)CC1. The molecule has 24 heavy (non-hydrogen) atoms. The van der Waals surface area contributed by atoms with Crippen LogP contribution in [-0.4, -0.2) is 34.7 Å². The Hall–Kier alpha value is -2.83. The zero-order valence-electron chi connectivity index (χ0n) is 12.9. The lowest BCUT2D eigenvalue weighted by Gasteiger charge is -2.25. The summed E-state index contributed by atoms with van der Waals surface area (Å²) in [5, 5.41) is 2.62. The number of carbonyl (C=O) groups is 2. The molecule has 1 aromatic carbocycles. The number of fused-ring (bicyclic) bond motifs is 1. The van der Waals surface area contributed by atoms with Crippen LogP contribution in [0.2, 0.25) is 0 Å². The van der Waals surface area contributed by atoms with Crippen LogP contribution in [0.15, 0.2) is 24.5 Å². The number of ketones is 1. The van der Waals surface area contributed by atoms with Gasteiger partial charge in [0.1, 0.15) is 11.6 Å². The number of hydrogen-bond acceptors (Lipinski definition) is 5. The third-order valence-electron chi connectivity index (χ3n) is 4.41. The molecule has 1 amide bonds. The topological polar surface area (TPSA) is 75.2 Å². The van der Waals surface area contributed by atoms with Crippen molar-refractivity contribution in [3.8, 4) is 11.1 Å². The Balaban J connectivity index is 1.61. The van der Waals surface area contributed by atoms with Crippen LogP contribution in [0.5, 0.6) is 0 Å². The Kier molecular flexibility index (Phi) is 3.48. The minimum Gasteiger partial charge on any atom is -0.348 e. The second-order valence-electron chi connectivity index (χ2n) is 5.97. The first kappa shape index (κ1) is 14.7. The Morgan fingerprint density at radius 1 is 1.04 bits per heavy atom. The normalized spacial score (nSPS) is 17.0. The van der Waals surface area contributed by atoms with E-state index >= 15 is 0 Å². The number of nitrogens with one attached hydrogen (secondary N) is 1. The third-order valence-corrected chi connectivity index (χ3v) is 4.41. The van der Waals surface area contributed by atoms with Crippen LogP contribution in [0.25, 0.3) is 11.1 Å². The van der Waals surface area contributed by atoms with E-state index in [1.165, 1.54) is 6.07 Å². The number of benzene rings is 1. The minimum atomic E-state index is -0.531. The first-order valence-corrected chi connectivity index (χ1v) is 7.81. The van der Waals surface area contributed by atoms with Gasteiger partial charge in [-0.1, -0.05) is 0 Å². The van der Waals surface area contributed by atoms with Gasteiger partial charge in [-0.2, -0.15) is 0 Å². The Morgan fingerprint density at radius 3 is 2.46 bits per heavy atom. The average molecular weight is 326 g/mol. The third kappa shape index (κ3) is 2.51. The summed E-state index contributed by atoms with van der Waals surface area (Å²) in [6.07, 6.45) is 4.32. The maximum Gasteiger partial charge on any atom is 0.254 e. The largest absolute Gasteiger partial charge is 0.348 e. The Labute approximate surface area is 137 Å². The molecule has 0 aliphatic carbocycles. The van der Waals surface area contributed by atoms with Crippen molar-refractivity contribution in [2.75, 3.05) is 18.0 Å². The molecule has 0 saturated carbocycles. The molecule has 3 heterocycles. The second kappa shape index (κ2) is 5.67. The summed E-state index contributed by atoms with van der Waals surface area (Å²) in [6.45, 7) is 1.58. The molecule has 2 aliphatic rings. The lowest BCUT2D eigenvalue weighted by Crippen LogP contribution is -2.34. The molecule has 0 unspecified atom stereocenters. The molecule has 7 heteroatoms. The number of nitrogens with zero attached hydrogens (tertiary/aromatic N) is 3. The minimum absolute atomic E-state index is 0.120. The molecule has 1 fully saturated rings. The van der Waals surface area contributed by atoms with Gasteiger partial charge in [0, 0.05) is 50.4 Å². The highest BCUT2D eigenvalue weighted by Crippen LogP contribution is 2.27. The first-order chi connectivity index (χ1) is 11.6. The lowest BCUT2D eigenvalue weighted by molar-refractivity contribution is -0.119. The van der Waals surface area contributed by atoms with Gasteiger partial charge in [-0.3, -0.25) is 9.59 Å². The van der Waals surface area contributed by atoms with E-state index in [0.717, 1.165) is 0 Å². The summed E-state index contributed by atoms with van der Waals surface area (Å²) in [5.41, 5.74) is 2.10. The average Bonchev–Trinajstić information content (AvgIpc) is 2.97. The number of halogens is 1. The van der Waals surface area contributed by atoms with Crippen molar-refractivity contribution in [2.24, 2.45) is 0 Å². The van der Waals surface area contributed by atoms with Crippen molar-refractivity contribution in [3.63, 3.8) is 0 Å². The molecule has 4 rings (SSSR count). The van der Waals surface area contributed by atoms with Crippen molar-refractivity contribution >= 4 is 17.6 Å². The first-order valence-electron chi connectivity index (χ1n) is 7.81. The standard InChI is InChI=1S/C17H15FN4O2/c18-14-6-10(5-11-7-19-16(24)15(11)14)12-8-20-17(21-9-12)22-3-1-13(23)2-4-22/h5-6,8-9H,1-4,7H2,(H,19,24). The number of piperidine rings is 1. The van der Waals surface area contributed by atoms with Gasteiger partial charge in [0.05, 0.1) is 5.56 Å². The molecule has 0 bridgehead atoms. The summed E-state index contributed by atoms with van der Waals surface area (Å²) >= 11 is 0. The highest BCUT2D eigenvalue weighted by atomic mass is 19.1. The Morgan fingerprint density at radius 2 is 1.75 bits per heavy atom. The predicted octanol–water partition coefficient (Wildman–Crippen LogP) is 1.70. The number of aromatic nitrogens is 2. The maximum atomic E-state index is 14.2. The van der Waals surface area contributed by atoms with E-state index in [2.05, 4.69) is 15.3 Å². The van der Waals surface area contributed by atoms with Gasteiger partial charge in [-0.25, -0.2) is 14.4 Å². The molecule has 0 radical (unpaired) electrons. The fourth-order valence-corrected chi connectivity index (χ4v) is 3.08. The van der Waals surface area contributed by atoms with Gasteiger partial charge in [-0.15, -0.1) is 0 Å². The highest BCUT2D eigenvalue weighted by Gasteiger charge is 2.24. The fraction of sp³-hybridized carbons (Fsp3) is 0.294. The zero-order valence-corrected chi connectivity index (χ0v) is 12.9. The van der Waals surface area contributed by atoms with Crippen LogP contribution in [0.4, 0.5) is 10.3 Å². The van der Waals surface area contributed by atoms with Crippen LogP contribution in [0, 0.1) is 5.82 Å². The summed E-state index contributed by atoms with van der Waals surface area (Å²) < 4.78 is 14.2. The number of carbonyl (C=O) groups excluding carboxylic acids is 2. The Bertz CT molecular complexity index is 825. The molecule has 2 aliphatic heterocycles. The molecule has 2 aromatic rings. The molecule has 0 spiro atoms. The molecular weight excluding hydrogens is 311 g/mol. The smallest absolute Gasteiger partial charge is 0.254 e. The molecule has 1 aromatic heterocycles. The van der Waals surface area contributed by atoms with Crippen molar-refractivity contribution in [1.82, 2.24) is 15.3 Å². The van der Waals surface area contributed by atoms with E-state index in [9.17, 15) is 14.0 Å². The second-order valence-corrected chi connectivity index (χ2v) is 5.97. The number of rotatable bonds is 2. The lowest BCUT2D eigenvalue weighted by atomic mass is 10.0. The number of Topliss-reactive ketones (excluding diaryl/α,β-unsaturated/α-hetero) is 1. The van der Waals surface area contributed by atoms with E-state index < -0.39 is 5.82 Å². The number of amides is 1. The quantitative estimate of drug-likeness (QED) is 0.909. The molecule has 0 atom stereocenters. The van der Waals surface area contributed by atoms with Crippen LogP contribution in [0.1, 0.15) is 28.8 Å². The molecule has 6 nitrogen and oxygen atoms in total. The van der Waals surface area contributed by atoms with Crippen molar-refractivity contribution in [2.45, 2.75) is 19.4 Å². The molecule has 122 valence electrons. The van der Waals surface area contributed by atoms with Crippen molar-refractivity contribution in [3.05, 3.63) is 41.5 Å². The number of hydrogen-bond donors (Lipinski definition) is 1. The van der Waals surface area contributed by atoms with Gasteiger partial charge >= 0.3 is 0 Å². The summed E-state index contributed by atoms with van der Waals surface area (Å²) in [7, 11) is 0. The summed E-state index contributed by atoms with van der Waals surface area (Å²) in [5.74, 6) is -0.0687. The van der Waals surface area contributed by atoms with E-state index in [-0.39, 0.29) is 17.3 Å². The summed E-state index contributed by atoms with van der Waals surface area (Å²) in [6, 6.07) is 3.12. The molecule has 1 saturated heterocycles. The van der Waals surface area contributed by atoms with Gasteiger partial charge < -0.3 is 10.2 Å². The van der Waals surface area contributed by atoms with Gasteiger partial charge in [0.15, 0.2) is 0 Å². The van der Waals surface area contributed by atoms with E-state index in [0.29, 0.717) is 55.1 Å². The van der Waals surface area contributed by atoms with Crippen LogP contribution in [-0.2, 0) is 11.3 Å². The number of anilines is 1. The monoisotopic (exact) mass is 326 g/mol. The van der Waals surface area contributed by atoms with Crippen LogP contribution in [0.3, 0.4) is 0 Å². The van der Waals surface area contributed by atoms with Gasteiger partial charge in [0.25, 0.3) is 5.91 Å². The summed E-state index contributed by atoms with van der Waals surface area (Å²) in [4.78, 5) is 33.5. The predicted molar refractivity (Wildman–Crippen MR) is 85.1 cm³/mol. The van der Waals surface area contributed by atoms with Gasteiger partial charge in [0.2, 0.25) is 5.95 Å². The maximum absolute atomic E-state index is 14.2. The van der Waals surface area contributed by atoms with E-state index in [1.54, 1.807) is 18.5 Å². The van der Waals surface area contributed by atoms with Crippen LogP contribution >= 0.6 is 0 Å². The highest BCUT2D eigenvalue weighted by molar-refractivity contribution is 5.99. The molecular formula is C17H15FN4O2. The van der Waals surface area contributed by atoms with Gasteiger partial charge in [-0.05, 0) is 23.3 Å².